The van der Waals surface area contributed by atoms with Crippen molar-refractivity contribution in [2.45, 2.75) is 26.2 Å². The van der Waals surface area contributed by atoms with Gasteiger partial charge >= 0.3 is 0 Å². The van der Waals surface area contributed by atoms with Crippen LogP contribution >= 0.6 is 0 Å². The Bertz CT molecular complexity index is 3300. The Labute approximate surface area is 371 Å². The second kappa shape index (κ2) is 15.6. The fraction of sp³-hybridized carbons (Fsp3) is 0.0645. The van der Waals surface area contributed by atoms with Crippen molar-refractivity contribution >= 4 is 27.8 Å². The Morgan fingerprint density at radius 1 is 0.302 bits per heavy atom. The standard InChI is InChI=1S/C62H47N/c1-42-14-7-9-23-55(42)51-22-12-21-49(39-51)50-30-36-58-59-37-35-54(41-61(59)62(2,3)60(58)40-50)63(53-33-28-46(29-34-53)57-25-13-18-45-17-8-10-24-56(45)57)52-31-26-44(27-32-52)48-20-11-19-47(38-48)43-15-5-4-6-16-43/h4-41H,1-3H3. The lowest BCUT2D eigenvalue weighted by Gasteiger charge is -2.28. The van der Waals surface area contributed by atoms with Gasteiger partial charge in [-0.25, -0.2) is 0 Å². The van der Waals surface area contributed by atoms with E-state index < -0.39 is 0 Å². The van der Waals surface area contributed by atoms with Gasteiger partial charge in [0.2, 0.25) is 0 Å². The normalized spacial score (nSPS) is 12.5. The zero-order valence-electron chi connectivity index (χ0n) is 35.9. The highest BCUT2D eigenvalue weighted by molar-refractivity contribution is 5.97. The van der Waals surface area contributed by atoms with Crippen molar-refractivity contribution in [2.75, 3.05) is 4.90 Å². The Hall–Kier alpha value is -7.74. The summed E-state index contributed by atoms with van der Waals surface area (Å²) in [4.78, 5) is 2.42. The molecule has 10 aromatic carbocycles. The fourth-order valence-electron chi connectivity index (χ4n) is 9.83. The van der Waals surface area contributed by atoms with Gasteiger partial charge in [0.25, 0.3) is 0 Å². The molecule has 10 aromatic rings. The smallest absolute Gasteiger partial charge is 0.0465 e. The van der Waals surface area contributed by atoms with Crippen molar-refractivity contribution in [3.63, 3.8) is 0 Å². The van der Waals surface area contributed by atoms with Crippen molar-refractivity contribution in [1.29, 1.82) is 0 Å². The molecule has 0 amide bonds. The molecule has 1 aliphatic carbocycles. The minimum absolute atomic E-state index is 0.207. The van der Waals surface area contributed by atoms with Crippen molar-refractivity contribution in [1.82, 2.24) is 0 Å². The van der Waals surface area contributed by atoms with E-state index in [-0.39, 0.29) is 5.41 Å². The number of rotatable bonds is 8. The minimum Gasteiger partial charge on any atom is -0.310 e. The number of hydrogen-bond acceptors (Lipinski definition) is 1. The van der Waals surface area contributed by atoms with Gasteiger partial charge in [-0.1, -0.05) is 190 Å². The maximum absolute atomic E-state index is 2.43. The molecule has 0 N–H and O–H groups in total. The highest BCUT2D eigenvalue weighted by Gasteiger charge is 2.36. The first-order chi connectivity index (χ1) is 30.9. The second-order valence-corrected chi connectivity index (χ2v) is 17.4. The van der Waals surface area contributed by atoms with E-state index in [0.29, 0.717) is 0 Å². The molecular weight excluding hydrogens is 759 g/mol. The summed E-state index contributed by atoms with van der Waals surface area (Å²) < 4.78 is 0. The van der Waals surface area contributed by atoms with Crippen LogP contribution in [0.1, 0.15) is 30.5 Å². The van der Waals surface area contributed by atoms with E-state index in [4.69, 9.17) is 0 Å². The monoisotopic (exact) mass is 805 g/mol. The van der Waals surface area contributed by atoms with Crippen LogP contribution in [0.15, 0.2) is 231 Å². The molecule has 0 saturated heterocycles. The molecule has 0 heterocycles. The molecule has 0 radical (unpaired) electrons. The third-order valence-corrected chi connectivity index (χ3v) is 13.2. The number of aryl methyl sites for hydroxylation is 1. The summed E-state index contributed by atoms with van der Waals surface area (Å²) in [5, 5.41) is 2.51. The topological polar surface area (TPSA) is 3.24 Å². The van der Waals surface area contributed by atoms with E-state index in [2.05, 4.69) is 256 Å². The molecular formula is C62H47N. The molecule has 1 aliphatic rings. The zero-order valence-corrected chi connectivity index (χ0v) is 35.9. The predicted octanol–water partition coefficient (Wildman–Crippen LogP) is 17.3. The molecule has 0 atom stereocenters. The van der Waals surface area contributed by atoms with Gasteiger partial charge in [0, 0.05) is 22.5 Å². The minimum atomic E-state index is -0.207. The lowest BCUT2D eigenvalue weighted by molar-refractivity contribution is 0.660. The molecule has 0 fully saturated rings. The summed E-state index contributed by atoms with van der Waals surface area (Å²) in [6.45, 7) is 6.96. The van der Waals surface area contributed by atoms with Crippen LogP contribution in [0, 0.1) is 6.92 Å². The summed E-state index contributed by atoms with van der Waals surface area (Å²) in [5.74, 6) is 0. The summed E-state index contributed by atoms with van der Waals surface area (Å²) in [6, 6.07) is 84.7. The number of nitrogens with zero attached hydrogens (tertiary/aromatic N) is 1. The zero-order chi connectivity index (χ0) is 42.5. The van der Waals surface area contributed by atoms with E-state index in [1.54, 1.807) is 0 Å². The first kappa shape index (κ1) is 38.2. The summed E-state index contributed by atoms with van der Waals surface area (Å²) >= 11 is 0. The van der Waals surface area contributed by atoms with E-state index in [0.717, 1.165) is 17.1 Å². The number of anilines is 3. The highest BCUT2D eigenvalue weighted by Crippen LogP contribution is 2.52. The average molecular weight is 806 g/mol. The first-order valence-electron chi connectivity index (χ1n) is 22.0. The summed E-state index contributed by atoms with van der Waals surface area (Å²) in [6.07, 6.45) is 0. The first-order valence-corrected chi connectivity index (χ1v) is 22.0. The predicted molar refractivity (Wildman–Crippen MR) is 268 cm³/mol. The van der Waals surface area contributed by atoms with E-state index in [9.17, 15) is 0 Å². The van der Waals surface area contributed by atoms with E-state index >= 15 is 0 Å². The maximum atomic E-state index is 2.43. The van der Waals surface area contributed by atoms with Gasteiger partial charge in [-0.2, -0.15) is 0 Å². The fourth-order valence-corrected chi connectivity index (χ4v) is 9.83. The van der Waals surface area contributed by atoms with Gasteiger partial charge < -0.3 is 4.90 Å². The Morgan fingerprint density at radius 2 is 0.762 bits per heavy atom. The van der Waals surface area contributed by atoms with Crippen molar-refractivity contribution in [3.05, 3.63) is 247 Å². The molecule has 0 saturated carbocycles. The van der Waals surface area contributed by atoms with E-state index in [1.807, 2.05) is 0 Å². The molecule has 1 nitrogen and oxygen atoms in total. The third kappa shape index (κ3) is 6.93. The van der Waals surface area contributed by atoms with E-state index in [1.165, 1.54) is 94.2 Å². The molecule has 0 unspecified atom stereocenters. The Balaban J connectivity index is 0.977. The highest BCUT2D eigenvalue weighted by atomic mass is 15.1. The number of hydrogen-bond donors (Lipinski definition) is 0. The van der Waals surface area contributed by atoms with Crippen LogP contribution in [0.5, 0.6) is 0 Å². The average Bonchev–Trinajstić information content (AvgIpc) is 3.57. The summed E-state index contributed by atoms with van der Waals surface area (Å²) in [7, 11) is 0. The summed E-state index contributed by atoms with van der Waals surface area (Å²) in [5.41, 5.74) is 22.0. The Morgan fingerprint density at radius 3 is 1.49 bits per heavy atom. The lowest BCUT2D eigenvalue weighted by atomic mass is 9.81. The molecule has 0 spiro atoms. The molecule has 0 aromatic heterocycles. The van der Waals surface area contributed by atoms with Crippen LogP contribution in [0.3, 0.4) is 0 Å². The largest absolute Gasteiger partial charge is 0.310 e. The molecule has 1 heteroatoms. The third-order valence-electron chi connectivity index (χ3n) is 13.2. The van der Waals surface area contributed by atoms with Crippen LogP contribution in [0.4, 0.5) is 17.1 Å². The van der Waals surface area contributed by atoms with Crippen molar-refractivity contribution in [3.8, 4) is 66.8 Å². The SMILES string of the molecule is Cc1ccccc1-c1cccc(-c2ccc3c(c2)C(C)(C)c2cc(N(c4ccc(-c5cccc(-c6ccccc6)c5)cc4)c4ccc(-c5cccc6ccccc56)cc4)ccc2-3)c1. The molecule has 63 heavy (non-hydrogen) atoms. The van der Waals surface area contributed by atoms with Crippen LogP contribution in [-0.4, -0.2) is 0 Å². The molecule has 0 aliphatic heterocycles. The molecule has 11 rings (SSSR count). The maximum Gasteiger partial charge on any atom is 0.0465 e. The van der Waals surface area contributed by atoms with Crippen LogP contribution in [0.2, 0.25) is 0 Å². The van der Waals surface area contributed by atoms with Gasteiger partial charge in [0.05, 0.1) is 0 Å². The van der Waals surface area contributed by atoms with Gasteiger partial charge in [0.15, 0.2) is 0 Å². The van der Waals surface area contributed by atoms with Crippen LogP contribution < -0.4 is 4.90 Å². The van der Waals surface area contributed by atoms with Gasteiger partial charge in [-0.05, 0) is 156 Å². The molecule has 0 bridgehead atoms. The van der Waals surface area contributed by atoms with Gasteiger partial charge in [-0.3, -0.25) is 0 Å². The van der Waals surface area contributed by atoms with Crippen molar-refractivity contribution in [2.24, 2.45) is 0 Å². The van der Waals surface area contributed by atoms with Crippen LogP contribution in [0.25, 0.3) is 77.5 Å². The van der Waals surface area contributed by atoms with Crippen molar-refractivity contribution < 1.29 is 0 Å². The number of benzene rings is 10. The van der Waals surface area contributed by atoms with Crippen LogP contribution in [-0.2, 0) is 5.41 Å². The molecule has 300 valence electrons. The quantitative estimate of drug-likeness (QED) is 0.148. The second-order valence-electron chi connectivity index (χ2n) is 17.4. The van der Waals surface area contributed by atoms with Gasteiger partial charge in [-0.15, -0.1) is 0 Å². The Kier molecular flexibility index (Phi) is 9.47. The van der Waals surface area contributed by atoms with Gasteiger partial charge in [0.1, 0.15) is 0 Å². The number of fused-ring (bicyclic) bond motifs is 4. The lowest BCUT2D eigenvalue weighted by Crippen LogP contribution is -2.16.